The van der Waals surface area contributed by atoms with Crippen LogP contribution >= 0.6 is 24.0 Å². The van der Waals surface area contributed by atoms with Crippen molar-refractivity contribution < 1.29 is 13.2 Å². The third kappa shape index (κ3) is 10.7. The van der Waals surface area contributed by atoms with Crippen molar-refractivity contribution >= 4 is 39.8 Å². The smallest absolute Gasteiger partial charge is 0.213 e. The third-order valence-corrected chi connectivity index (χ3v) is 5.01. The minimum absolute atomic E-state index is 0. The molecule has 0 spiro atoms. The van der Waals surface area contributed by atoms with E-state index in [-0.39, 0.29) is 35.8 Å². The Balaban J connectivity index is 0.00000364. The van der Waals surface area contributed by atoms with Crippen molar-refractivity contribution in [3.63, 3.8) is 0 Å². The van der Waals surface area contributed by atoms with Gasteiger partial charge in [0.15, 0.2) is 5.96 Å². The number of hydrogen-bond donors (Lipinski definition) is 2. The zero-order chi connectivity index (χ0) is 19.0. The molecule has 2 rings (SSSR count). The van der Waals surface area contributed by atoms with E-state index in [2.05, 4.69) is 20.6 Å². The Morgan fingerprint density at radius 3 is 2.70 bits per heavy atom. The standard InChI is InChI=1S/C18H30N4O3S.HI/c1-4-19-18(22-14(2)9-10-26(3,23)24)21-12-16-7-8-17(20-11-16)25-13-15-5-6-15;/h7-8,11,14-15H,4-6,9-10,12-13H2,1-3H3,(H2,19,21,22);1H. The summed E-state index contributed by atoms with van der Waals surface area (Å²) in [5.74, 6) is 2.19. The number of pyridine rings is 1. The summed E-state index contributed by atoms with van der Waals surface area (Å²) < 4.78 is 28.2. The van der Waals surface area contributed by atoms with Crippen LogP contribution in [0.1, 0.15) is 38.7 Å². The summed E-state index contributed by atoms with van der Waals surface area (Å²) >= 11 is 0. The molecule has 0 radical (unpaired) electrons. The van der Waals surface area contributed by atoms with Crippen LogP contribution in [-0.2, 0) is 16.4 Å². The molecule has 9 heteroatoms. The predicted octanol–water partition coefficient (Wildman–Crippen LogP) is 2.37. The highest BCUT2D eigenvalue weighted by Gasteiger charge is 2.22. The number of hydrogen-bond acceptors (Lipinski definition) is 5. The molecule has 2 N–H and O–H groups in total. The summed E-state index contributed by atoms with van der Waals surface area (Å²) in [5.41, 5.74) is 0.991. The van der Waals surface area contributed by atoms with Crippen molar-refractivity contribution in [2.75, 3.05) is 25.2 Å². The summed E-state index contributed by atoms with van der Waals surface area (Å²) in [6, 6.07) is 3.86. The van der Waals surface area contributed by atoms with Crippen molar-refractivity contribution in [3.05, 3.63) is 23.9 Å². The number of guanidine groups is 1. The SMILES string of the molecule is CCNC(=NCc1ccc(OCC2CC2)nc1)NC(C)CCS(C)(=O)=O.I. The van der Waals surface area contributed by atoms with E-state index in [1.165, 1.54) is 19.1 Å². The molecule has 1 aliphatic carbocycles. The van der Waals surface area contributed by atoms with Gasteiger partial charge in [-0.05, 0) is 44.6 Å². The fourth-order valence-electron chi connectivity index (χ4n) is 2.26. The zero-order valence-electron chi connectivity index (χ0n) is 16.3. The molecule has 154 valence electrons. The molecule has 0 aliphatic heterocycles. The maximum absolute atomic E-state index is 11.3. The normalized spacial score (nSPS) is 15.6. The van der Waals surface area contributed by atoms with Crippen molar-refractivity contribution in [2.45, 2.75) is 45.7 Å². The maximum atomic E-state index is 11.3. The molecule has 0 bridgehead atoms. The molecule has 1 unspecified atom stereocenters. The largest absolute Gasteiger partial charge is 0.477 e. The number of rotatable bonds is 10. The molecule has 1 aliphatic rings. The minimum atomic E-state index is -2.95. The Labute approximate surface area is 179 Å². The summed E-state index contributed by atoms with van der Waals surface area (Å²) in [4.78, 5) is 8.87. The molecule has 0 amide bonds. The van der Waals surface area contributed by atoms with E-state index in [9.17, 15) is 8.42 Å². The molecule has 7 nitrogen and oxygen atoms in total. The van der Waals surface area contributed by atoms with Gasteiger partial charge in [-0.25, -0.2) is 18.4 Å². The van der Waals surface area contributed by atoms with Crippen molar-refractivity contribution in [3.8, 4) is 5.88 Å². The average molecular weight is 510 g/mol. The van der Waals surface area contributed by atoms with Crippen LogP contribution in [0.5, 0.6) is 5.88 Å². The third-order valence-electron chi connectivity index (χ3n) is 4.03. The Hall–Kier alpha value is -1.10. The summed E-state index contributed by atoms with van der Waals surface area (Å²) in [7, 11) is -2.95. The number of aliphatic imine (C=N–C) groups is 1. The second-order valence-electron chi connectivity index (χ2n) is 6.92. The van der Waals surface area contributed by atoms with E-state index in [4.69, 9.17) is 4.74 Å². The Morgan fingerprint density at radius 1 is 1.41 bits per heavy atom. The predicted molar refractivity (Wildman–Crippen MR) is 120 cm³/mol. The van der Waals surface area contributed by atoms with Crippen LogP contribution in [-0.4, -0.2) is 50.6 Å². The van der Waals surface area contributed by atoms with Gasteiger partial charge in [-0.3, -0.25) is 0 Å². The van der Waals surface area contributed by atoms with Crippen LogP contribution in [0.4, 0.5) is 0 Å². The Kier molecular flexibility index (Phi) is 10.4. The number of nitrogens with zero attached hydrogens (tertiary/aromatic N) is 2. The lowest BCUT2D eigenvalue weighted by Crippen LogP contribution is -2.42. The molecule has 1 heterocycles. The number of aromatic nitrogens is 1. The van der Waals surface area contributed by atoms with E-state index in [1.54, 1.807) is 6.20 Å². The second-order valence-corrected chi connectivity index (χ2v) is 9.18. The summed E-state index contributed by atoms with van der Waals surface area (Å²) in [5, 5.41) is 6.42. The first-order chi connectivity index (χ1) is 12.4. The molecule has 1 aromatic heterocycles. The van der Waals surface area contributed by atoms with Crippen LogP contribution < -0.4 is 15.4 Å². The van der Waals surface area contributed by atoms with E-state index in [0.29, 0.717) is 30.7 Å². The van der Waals surface area contributed by atoms with E-state index < -0.39 is 9.84 Å². The van der Waals surface area contributed by atoms with Crippen LogP contribution in [0, 0.1) is 5.92 Å². The van der Waals surface area contributed by atoms with Crippen molar-refractivity contribution in [2.24, 2.45) is 10.9 Å². The lowest BCUT2D eigenvalue weighted by molar-refractivity contribution is 0.288. The van der Waals surface area contributed by atoms with E-state index >= 15 is 0 Å². The molecule has 0 saturated heterocycles. The average Bonchev–Trinajstić information content (AvgIpc) is 3.41. The first-order valence-electron chi connectivity index (χ1n) is 9.16. The van der Waals surface area contributed by atoms with Crippen LogP contribution in [0.25, 0.3) is 0 Å². The monoisotopic (exact) mass is 510 g/mol. The summed E-state index contributed by atoms with van der Waals surface area (Å²) in [6.07, 6.45) is 6.09. The van der Waals surface area contributed by atoms with Gasteiger partial charge in [0.05, 0.1) is 18.9 Å². The first-order valence-corrected chi connectivity index (χ1v) is 11.2. The minimum Gasteiger partial charge on any atom is -0.477 e. The van der Waals surface area contributed by atoms with Gasteiger partial charge in [0.2, 0.25) is 5.88 Å². The van der Waals surface area contributed by atoms with Gasteiger partial charge in [0.25, 0.3) is 0 Å². The molecular weight excluding hydrogens is 479 g/mol. The van der Waals surface area contributed by atoms with Gasteiger partial charge in [-0.2, -0.15) is 0 Å². The van der Waals surface area contributed by atoms with Crippen LogP contribution in [0.15, 0.2) is 23.3 Å². The van der Waals surface area contributed by atoms with Crippen molar-refractivity contribution in [1.29, 1.82) is 0 Å². The molecular formula is C18H31IN4O3S. The van der Waals surface area contributed by atoms with Gasteiger partial charge >= 0.3 is 0 Å². The van der Waals surface area contributed by atoms with Gasteiger partial charge in [-0.1, -0.05) is 6.07 Å². The molecule has 0 aromatic carbocycles. The van der Waals surface area contributed by atoms with Gasteiger partial charge < -0.3 is 15.4 Å². The Bertz CT molecular complexity index is 691. The number of nitrogens with one attached hydrogen (secondary N) is 2. The van der Waals surface area contributed by atoms with Gasteiger partial charge in [0.1, 0.15) is 9.84 Å². The van der Waals surface area contributed by atoms with E-state index in [1.807, 2.05) is 26.0 Å². The van der Waals surface area contributed by atoms with Crippen molar-refractivity contribution in [1.82, 2.24) is 15.6 Å². The number of halogens is 1. The summed E-state index contributed by atoms with van der Waals surface area (Å²) in [6.45, 7) is 5.92. The highest BCUT2D eigenvalue weighted by molar-refractivity contribution is 14.0. The fraction of sp³-hybridized carbons (Fsp3) is 0.667. The Morgan fingerprint density at radius 2 is 2.15 bits per heavy atom. The first kappa shape index (κ1) is 23.9. The molecule has 1 aromatic rings. The fourth-order valence-corrected chi connectivity index (χ4v) is 3.05. The maximum Gasteiger partial charge on any atom is 0.213 e. The van der Waals surface area contributed by atoms with Gasteiger partial charge in [-0.15, -0.1) is 24.0 Å². The molecule has 1 fully saturated rings. The topological polar surface area (TPSA) is 92.7 Å². The number of ether oxygens (including phenoxy) is 1. The molecule has 27 heavy (non-hydrogen) atoms. The van der Waals surface area contributed by atoms with E-state index in [0.717, 1.165) is 18.7 Å². The highest BCUT2D eigenvalue weighted by Crippen LogP contribution is 2.29. The van der Waals surface area contributed by atoms with Crippen LogP contribution in [0.3, 0.4) is 0 Å². The second kappa shape index (κ2) is 11.7. The quantitative estimate of drug-likeness (QED) is 0.285. The lowest BCUT2D eigenvalue weighted by Gasteiger charge is -2.17. The highest BCUT2D eigenvalue weighted by atomic mass is 127. The van der Waals surface area contributed by atoms with Gasteiger partial charge in [0, 0.05) is 31.1 Å². The molecule has 1 atom stereocenters. The number of sulfone groups is 1. The molecule has 1 saturated carbocycles. The zero-order valence-corrected chi connectivity index (χ0v) is 19.4. The lowest BCUT2D eigenvalue weighted by atomic mass is 10.2. The van der Waals surface area contributed by atoms with Crippen LogP contribution in [0.2, 0.25) is 0 Å².